The van der Waals surface area contributed by atoms with E-state index in [4.69, 9.17) is 20.9 Å². The van der Waals surface area contributed by atoms with Crippen molar-refractivity contribution in [3.05, 3.63) is 101 Å². The standard InChI is InChI=1S/C25H19ClN2O5/c1-31-25(30)22-14-23(33-28-22)18-3-2-4-20(13-18)27-24(29)17-7-11-21(12-8-17)32-15-16-5-9-19(26)10-6-16/h2-14H,15H2,1H3,(H,27,29). The van der Waals surface area contributed by atoms with Gasteiger partial charge in [-0.05, 0) is 54.1 Å². The number of methoxy groups -OCH3 is 1. The van der Waals surface area contributed by atoms with Crippen LogP contribution in [0.15, 0.2) is 83.4 Å². The number of benzene rings is 3. The molecule has 0 aliphatic heterocycles. The zero-order chi connectivity index (χ0) is 23.2. The Hall–Kier alpha value is -4.10. The SMILES string of the molecule is COC(=O)c1cc(-c2cccc(NC(=O)c3ccc(OCc4ccc(Cl)cc4)cc3)c2)on1. The molecule has 1 N–H and O–H groups in total. The molecule has 4 rings (SSSR count). The smallest absolute Gasteiger partial charge is 0.360 e. The highest BCUT2D eigenvalue weighted by Gasteiger charge is 2.14. The van der Waals surface area contributed by atoms with E-state index in [0.717, 1.165) is 5.56 Å². The monoisotopic (exact) mass is 462 g/mol. The molecular weight excluding hydrogens is 444 g/mol. The molecule has 0 bridgehead atoms. The molecule has 1 amide bonds. The lowest BCUT2D eigenvalue weighted by Gasteiger charge is -2.09. The number of carbonyl (C=O) groups is 2. The van der Waals surface area contributed by atoms with Gasteiger partial charge in [0.25, 0.3) is 5.91 Å². The van der Waals surface area contributed by atoms with E-state index in [2.05, 4.69) is 15.2 Å². The Morgan fingerprint density at radius 3 is 2.48 bits per heavy atom. The van der Waals surface area contributed by atoms with Gasteiger partial charge in [-0.15, -0.1) is 0 Å². The minimum atomic E-state index is -0.588. The van der Waals surface area contributed by atoms with Gasteiger partial charge in [0.1, 0.15) is 12.4 Å². The summed E-state index contributed by atoms with van der Waals surface area (Å²) in [5, 5.41) is 7.21. The van der Waals surface area contributed by atoms with E-state index < -0.39 is 5.97 Å². The van der Waals surface area contributed by atoms with E-state index in [0.29, 0.717) is 40.0 Å². The normalized spacial score (nSPS) is 10.5. The van der Waals surface area contributed by atoms with Gasteiger partial charge in [0.2, 0.25) is 0 Å². The van der Waals surface area contributed by atoms with Gasteiger partial charge in [0, 0.05) is 27.9 Å². The van der Waals surface area contributed by atoms with E-state index >= 15 is 0 Å². The van der Waals surface area contributed by atoms with Crippen LogP contribution in [0.25, 0.3) is 11.3 Å². The maximum Gasteiger partial charge on any atom is 0.360 e. The Bertz CT molecular complexity index is 1270. The molecule has 0 unspecified atom stereocenters. The molecule has 0 fully saturated rings. The molecule has 0 saturated carbocycles. The summed E-state index contributed by atoms with van der Waals surface area (Å²) in [4.78, 5) is 24.2. The number of esters is 1. The Balaban J connectivity index is 1.39. The van der Waals surface area contributed by atoms with Crippen molar-refractivity contribution in [1.82, 2.24) is 5.16 Å². The summed E-state index contributed by atoms with van der Waals surface area (Å²) < 4.78 is 15.6. The van der Waals surface area contributed by atoms with Crippen molar-refractivity contribution in [3.63, 3.8) is 0 Å². The molecule has 3 aromatic carbocycles. The third kappa shape index (κ3) is 5.58. The molecule has 0 atom stereocenters. The number of ether oxygens (including phenoxy) is 2. The number of hydrogen-bond acceptors (Lipinski definition) is 6. The highest BCUT2D eigenvalue weighted by atomic mass is 35.5. The van der Waals surface area contributed by atoms with Crippen molar-refractivity contribution in [2.24, 2.45) is 0 Å². The van der Waals surface area contributed by atoms with E-state index in [1.54, 1.807) is 48.5 Å². The summed E-state index contributed by atoms with van der Waals surface area (Å²) in [6.45, 7) is 0.398. The fourth-order valence-corrected chi connectivity index (χ4v) is 3.14. The molecule has 0 aliphatic carbocycles. The number of nitrogens with one attached hydrogen (secondary N) is 1. The van der Waals surface area contributed by atoms with Gasteiger partial charge in [-0.1, -0.05) is 41.0 Å². The van der Waals surface area contributed by atoms with Gasteiger partial charge in [0.05, 0.1) is 7.11 Å². The lowest BCUT2D eigenvalue weighted by molar-refractivity contribution is 0.0589. The Morgan fingerprint density at radius 1 is 1.00 bits per heavy atom. The van der Waals surface area contributed by atoms with Gasteiger partial charge < -0.3 is 19.3 Å². The number of aromatic nitrogens is 1. The second-order valence-electron chi connectivity index (χ2n) is 7.04. The second kappa shape index (κ2) is 10.0. The number of carbonyl (C=O) groups excluding carboxylic acids is 2. The van der Waals surface area contributed by atoms with Gasteiger partial charge >= 0.3 is 5.97 Å². The van der Waals surface area contributed by atoms with E-state index in [1.165, 1.54) is 13.2 Å². The highest BCUT2D eigenvalue weighted by molar-refractivity contribution is 6.30. The Labute approximate surface area is 194 Å². The predicted molar refractivity (Wildman–Crippen MR) is 123 cm³/mol. The molecule has 0 spiro atoms. The fraction of sp³-hybridized carbons (Fsp3) is 0.0800. The minimum Gasteiger partial charge on any atom is -0.489 e. The maximum atomic E-state index is 12.7. The molecule has 4 aromatic rings. The van der Waals surface area contributed by atoms with Crippen LogP contribution in [-0.2, 0) is 11.3 Å². The largest absolute Gasteiger partial charge is 0.489 e. The highest BCUT2D eigenvalue weighted by Crippen LogP contribution is 2.24. The van der Waals surface area contributed by atoms with E-state index in [9.17, 15) is 9.59 Å². The average molecular weight is 463 g/mol. The van der Waals surface area contributed by atoms with Crippen LogP contribution in [0.2, 0.25) is 5.02 Å². The van der Waals surface area contributed by atoms with Crippen LogP contribution >= 0.6 is 11.6 Å². The molecule has 1 heterocycles. The van der Waals surface area contributed by atoms with Gasteiger partial charge in [-0.2, -0.15) is 0 Å². The minimum absolute atomic E-state index is 0.0697. The first-order valence-electron chi connectivity index (χ1n) is 9.96. The van der Waals surface area contributed by atoms with Crippen LogP contribution in [0, 0.1) is 0 Å². The van der Waals surface area contributed by atoms with Crippen LogP contribution in [0.3, 0.4) is 0 Å². The van der Waals surface area contributed by atoms with Crippen LogP contribution in [0.4, 0.5) is 5.69 Å². The summed E-state index contributed by atoms with van der Waals surface area (Å²) in [5.74, 6) is 0.170. The van der Waals surface area contributed by atoms with E-state index in [-0.39, 0.29) is 11.6 Å². The van der Waals surface area contributed by atoms with E-state index in [1.807, 2.05) is 24.3 Å². The van der Waals surface area contributed by atoms with Crippen molar-refractivity contribution >= 4 is 29.2 Å². The van der Waals surface area contributed by atoms with Crippen molar-refractivity contribution in [1.29, 1.82) is 0 Å². The van der Waals surface area contributed by atoms with Crippen molar-refractivity contribution in [2.75, 3.05) is 12.4 Å². The third-order valence-electron chi connectivity index (χ3n) is 4.74. The molecular formula is C25H19ClN2O5. The molecule has 1 aromatic heterocycles. The van der Waals surface area contributed by atoms with Crippen LogP contribution in [0.1, 0.15) is 26.4 Å². The number of anilines is 1. The first-order valence-corrected chi connectivity index (χ1v) is 10.3. The lowest BCUT2D eigenvalue weighted by Crippen LogP contribution is -2.11. The summed E-state index contributed by atoms with van der Waals surface area (Å²) in [6, 6.07) is 22.8. The van der Waals surface area contributed by atoms with Crippen molar-refractivity contribution < 1.29 is 23.6 Å². The zero-order valence-electron chi connectivity index (χ0n) is 17.6. The number of halogens is 1. The lowest BCUT2D eigenvalue weighted by atomic mass is 10.1. The molecule has 0 aliphatic rings. The van der Waals surface area contributed by atoms with Crippen LogP contribution < -0.4 is 10.1 Å². The first kappa shape index (κ1) is 22.1. The van der Waals surface area contributed by atoms with Gasteiger partial charge in [-0.3, -0.25) is 4.79 Å². The molecule has 33 heavy (non-hydrogen) atoms. The maximum absolute atomic E-state index is 12.7. The Kier molecular flexibility index (Phi) is 6.71. The zero-order valence-corrected chi connectivity index (χ0v) is 18.3. The fourth-order valence-electron chi connectivity index (χ4n) is 3.02. The number of hydrogen-bond donors (Lipinski definition) is 1. The van der Waals surface area contributed by atoms with Crippen LogP contribution in [-0.4, -0.2) is 24.1 Å². The summed E-state index contributed by atoms with van der Waals surface area (Å²) in [5.41, 5.74) is 2.76. The number of nitrogens with zero attached hydrogens (tertiary/aromatic N) is 1. The van der Waals surface area contributed by atoms with Gasteiger partial charge in [0.15, 0.2) is 11.5 Å². The predicted octanol–water partition coefficient (Wildman–Crippen LogP) is 5.61. The number of amides is 1. The molecule has 8 heteroatoms. The summed E-state index contributed by atoms with van der Waals surface area (Å²) in [6.07, 6.45) is 0. The summed E-state index contributed by atoms with van der Waals surface area (Å²) >= 11 is 5.89. The number of rotatable bonds is 7. The van der Waals surface area contributed by atoms with Crippen molar-refractivity contribution in [2.45, 2.75) is 6.61 Å². The Morgan fingerprint density at radius 2 is 1.76 bits per heavy atom. The van der Waals surface area contributed by atoms with Crippen molar-refractivity contribution in [3.8, 4) is 17.1 Å². The molecule has 7 nitrogen and oxygen atoms in total. The quantitative estimate of drug-likeness (QED) is 0.359. The molecule has 166 valence electrons. The third-order valence-corrected chi connectivity index (χ3v) is 5.00. The topological polar surface area (TPSA) is 90.7 Å². The average Bonchev–Trinajstić information content (AvgIpc) is 3.34. The molecule has 0 radical (unpaired) electrons. The second-order valence-corrected chi connectivity index (χ2v) is 7.48. The first-order chi connectivity index (χ1) is 16.0. The van der Waals surface area contributed by atoms with Gasteiger partial charge in [-0.25, -0.2) is 4.79 Å². The summed E-state index contributed by atoms with van der Waals surface area (Å²) in [7, 11) is 1.27. The molecule has 0 saturated heterocycles. The van der Waals surface area contributed by atoms with Crippen LogP contribution in [0.5, 0.6) is 5.75 Å².